The van der Waals surface area contributed by atoms with E-state index >= 15 is 0 Å². The summed E-state index contributed by atoms with van der Waals surface area (Å²) in [6.07, 6.45) is 2.01. The van der Waals surface area contributed by atoms with E-state index in [0.717, 1.165) is 10.9 Å². The Balaban J connectivity index is 2.03. The molecule has 102 valence electrons. The van der Waals surface area contributed by atoms with Crippen molar-refractivity contribution in [3.8, 4) is 11.8 Å². The number of carbonyl (C=O) groups is 1. The number of para-hydroxylation sites is 1. The quantitative estimate of drug-likeness (QED) is 0.832. The van der Waals surface area contributed by atoms with Crippen LogP contribution < -0.4 is 4.74 Å². The van der Waals surface area contributed by atoms with Crippen LogP contribution in [0.4, 0.5) is 0 Å². The zero-order chi connectivity index (χ0) is 14.4. The van der Waals surface area contributed by atoms with Crippen LogP contribution in [0.2, 0.25) is 0 Å². The van der Waals surface area contributed by atoms with Crippen LogP contribution in [0.3, 0.4) is 0 Å². The summed E-state index contributed by atoms with van der Waals surface area (Å²) in [5.74, 6) is 0.429. The molecule has 0 spiro atoms. The lowest BCUT2D eigenvalue weighted by Gasteiger charge is -2.16. The third-order valence-corrected chi connectivity index (χ3v) is 2.93. The predicted molar refractivity (Wildman–Crippen MR) is 75.1 cm³/mol. The molecule has 2 rings (SSSR count). The van der Waals surface area contributed by atoms with Crippen molar-refractivity contribution in [1.29, 1.82) is 5.26 Å². The largest absolute Gasteiger partial charge is 0.481 e. The number of ether oxygens (including phenoxy) is 1. The van der Waals surface area contributed by atoms with Gasteiger partial charge in [0.2, 0.25) is 0 Å². The fourth-order valence-corrected chi connectivity index (χ4v) is 1.78. The third kappa shape index (κ3) is 3.23. The molecule has 20 heavy (non-hydrogen) atoms. The maximum atomic E-state index is 11.8. The van der Waals surface area contributed by atoms with Crippen LogP contribution in [-0.2, 0) is 4.79 Å². The molecule has 0 atom stereocenters. The standard InChI is InChI=1S/C15H15N3O2/c1-18(10-4-8-16)14(19)11-20-13-7-2-5-12-6-3-9-17-15(12)13/h2-3,5-7,9H,4,10-11H2,1H3. The van der Waals surface area contributed by atoms with Crippen molar-refractivity contribution in [2.75, 3.05) is 20.2 Å². The molecule has 0 aliphatic carbocycles. The van der Waals surface area contributed by atoms with Crippen LogP contribution in [0.15, 0.2) is 36.5 Å². The summed E-state index contributed by atoms with van der Waals surface area (Å²) >= 11 is 0. The number of nitrogens with zero attached hydrogens (tertiary/aromatic N) is 3. The highest BCUT2D eigenvalue weighted by Crippen LogP contribution is 2.22. The van der Waals surface area contributed by atoms with Gasteiger partial charge in [-0.3, -0.25) is 9.78 Å². The number of pyridine rings is 1. The first kappa shape index (κ1) is 13.8. The van der Waals surface area contributed by atoms with E-state index in [1.807, 2.05) is 30.3 Å². The molecule has 5 heteroatoms. The molecule has 0 aliphatic heterocycles. The Morgan fingerprint density at radius 2 is 2.20 bits per heavy atom. The average Bonchev–Trinajstić information content (AvgIpc) is 2.50. The minimum absolute atomic E-state index is 0.0579. The Morgan fingerprint density at radius 1 is 1.40 bits per heavy atom. The van der Waals surface area contributed by atoms with Crippen molar-refractivity contribution in [2.24, 2.45) is 0 Å². The fraction of sp³-hybridized carbons (Fsp3) is 0.267. The first-order chi connectivity index (χ1) is 9.72. The summed E-state index contributed by atoms with van der Waals surface area (Å²) in [7, 11) is 1.66. The van der Waals surface area contributed by atoms with Crippen molar-refractivity contribution in [1.82, 2.24) is 9.88 Å². The van der Waals surface area contributed by atoms with Gasteiger partial charge in [0.25, 0.3) is 5.91 Å². The Hall–Kier alpha value is -2.61. The highest BCUT2D eigenvalue weighted by atomic mass is 16.5. The molecule has 0 fully saturated rings. The van der Waals surface area contributed by atoms with Crippen LogP contribution in [0.5, 0.6) is 5.75 Å². The molecule has 1 aromatic carbocycles. The summed E-state index contributed by atoms with van der Waals surface area (Å²) in [4.78, 5) is 17.6. The fourth-order valence-electron chi connectivity index (χ4n) is 1.78. The molecule has 5 nitrogen and oxygen atoms in total. The zero-order valence-corrected chi connectivity index (χ0v) is 11.2. The van der Waals surface area contributed by atoms with E-state index in [9.17, 15) is 4.79 Å². The molecular formula is C15H15N3O2. The molecular weight excluding hydrogens is 254 g/mol. The van der Waals surface area contributed by atoms with Crippen LogP contribution in [0.25, 0.3) is 10.9 Å². The number of nitriles is 1. The van der Waals surface area contributed by atoms with E-state index in [-0.39, 0.29) is 12.5 Å². The molecule has 0 radical (unpaired) electrons. The van der Waals surface area contributed by atoms with Gasteiger partial charge in [0, 0.05) is 25.2 Å². The van der Waals surface area contributed by atoms with Crippen molar-refractivity contribution in [3.05, 3.63) is 36.5 Å². The first-order valence-electron chi connectivity index (χ1n) is 6.30. The Bertz CT molecular complexity index is 644. The molecule has 1 heterocycles. The number of rotatable bonds is 5. The zero-order valence-electron chi connectivity index (χ0n) is 11.2. The van der Waals surface area contributed by atoms with E-state index in [4.69, 9.17) is 10.00 Å². The second-order valence-electron chi connectivity index (χ2n) is 4.34. The maximum absolute atomic E-state index is 11.8. The molecule has 1 aromatic heterocycles. The van der Waals surface area contributed by atoms with Crippen LogP contribution in [-0.4, -0.2) is 36.0 Å². The summed E-state index contributed by atoms with van der Waals surface area (Å²) in [5.41, 5.74) is 0.738. The molecule has 0 N–H and O–H groups in total. The van der Waals surface area contributed by atoms with E-state index in [1.165, 1.54) is 4.90 Å². The number of aromatic nitrogens is 1. The minimum Gasteiger partial charge on any atom is -0.481 e. The Morgan fingerprint density at radius 3 is 3.00 bits per heavy atom. The van der Waals surface area contributed by atoms with E-state index < -0.39 is 0 Å². The molecule has 0 bridgehead atoms. The first-order valence-corrected chi connectivity index (χ1v) is 6.30. The van der Waals surface area contributed by atoms with E-state index in [2.05, 4.69) is 4.98 Å². The molecule has 0 unspecified atom stereocenters. The smallest absolute Gasteiger partial charge is 0.260 e. The van der Waals surface area contributed by atoms with Gasteiger partial charge in [-0.05, 0) is 12.1 Å². The number of benzene rings is 1. The van der Waals surface area contributed by atoms with Gasteiger partial charge in [0.1, 0.15) is 11.3 Å². The second kappa shape index (κ2) is 6.53. The maximum Gasteiger partial charge on any atom is 0.260 e. The van der Waals surface area contributed by atoms with Crippen molar-refractivity contribution >= 4 is 16.8 Å². The lowest BCUT2D eigenvalue weighted by molar-refractivity contribution is -0.131. The number of hydrogen-bond acceptors (Lipinski definition) is 4. The number of carbonyl (C=O) groups excluding carboxylic acids is 1. The Labute approximate surface area is 117 Å². The van der Waals surface area contributed by atoms with Crippen LogP contribution in [0.1, 0.15) is 6.42 Å². The molecule has 2 aromatic rings. The predicted octanol–water partition coefficient (Wildman–Crippen LogP) is 1.99. The topological polar surface area (TPSA) is 66.2 Å². The van der Waals surface area contributed by atoms with Crippen LogP contribution >= 0.6 is 0 Å². The summed E-state index contributed by atoms with van der Waals surface area (Å²) in [6, 6.07) is 11.4. The van der Waals surface area contributed by atoms with Crippen molar-refractivity contribution in [3.63, 3.8) is 0 Å². The molecule has 0 saturated heterocycles. The van der Waals surface area contributed by atoms with Gasteiger partial charge < -0.3 is 9.64 Å². The number of fused-ring (bicyclic) bond motifs is 1. The van der Waals surface area contributed by atoms with Gasteiger partial charge >= 0.3 is 0 Å². The summed E-state index contributed by atoms with van der Waals surface area (Å²) in [6.45, 7) is 0.351. The molecule has 0 saturated carbocycles. The van der Waals surface area contributed by atoms with Gasteiger partial charge in [0.15, 0.2) is 6.61 Å². The van der Waals surface area contributed by atoms with E-state index in [1.54, 1.807) is 19.3 Å². The van der Waals surface area contributed by atoms with Crippen molar-refractivity contribution < 1.29 is 9.53 Å². The van der Waals surface area contributed by atoms with Gasteiger partial charge in [-0.2, -0.15) is 5.26 Å². The number of amides is 1. The lowest BCUT2D eigenvalue weighted by Crippen LogP contribution is -2.32. The second-order valence-corrected chi connectivity index (χ2v) is 4.34. The third-order valence-electron chi connectivity index (χ3n) is 2.93. The number of hydrogen-bond donors (Lipinski definition) is 0. The normalized spacial score (nSPS) is 10.0. The Kier molecular flexibility index (Phi) is 4.51. The summed E-state index contributed by atoms with van der Waals surface area (Å²) in [5, 5.41) is 9.46. The van der Waals surface area contributed by atoms with Gasteiger partial charge in [-0.1, -0.05) is 18.2 Å². The van der Waals surface area contributed by atoms with Gasteiger partial charge in [0.05, 0.1) is 12.5 Å². The highest BCUT2D eigenvalue weighted by molar-refractivity contribution is 5.85. The van der Waals surface area contributed by atoms with Crippen LogP contribution in [0, 0.1) is 11.3 Å². The number of likely N-dealkylation sites (N-methyl/N-ethyl adjacent to an activating group) is 1. The highest BCUT2D eigenvalue weighted by Gasteiger charge is 2.10. The van der Waals surface area contributed by atoms with Crippen molar-refractivity contribution in [2.45, 2.75) is 6.42 Å². The summed E-state index contributed by atoms with van der Waals surface area (Å²) < 4.78 is 5.55. The van der Waals surface area contributed by atoms with Gasteiger partial charge in [-0.15, -0.1) is 0 Å². The SMILES string of the molecule is CN(CCC#N)C(=O)COc1cccc2cccnc12. The molecule has 0 aliphatic rings. The van der Waals surface area contributed by atoms with E-state index in [0.29, 0.717) is 18.7 Å². The monoisotopic (exact) mass is 269 g/mol. The molecule has 1 amide bonds. The minimum atomic E-state index is -0.159. The average molecular weight is 269 g/mol. The lowest BCUT2D eigenvalue weighted by atomic mass is 10.2. The van der Waals surface area contributed by atoms with Gasteiger partial charge in [-0.25, -0.2) is 0 Å².